The number of hydrogen-bond acceptors (Lipinski definition) is 2. The number of aromatic nitrogens is 1. The van der Waals surface area contributed by atoms with Gasteiger partial charge in [-0.15, -0.1) is 0 Å². The Balaban J connectivity index is 2.62. The van der Waals surface area contributed by atoms with Crippen LogP contribution in [0.1, 0.15) is 19.5 Å². The van der Waals surface area contributed by atoms with E-state index in [-0.39, 0.29) is 12.1 Å². The average molecular weight is 196 g/mol. The summed E-state index contributed by atoms with van der Waals surface area (Å²) in [5.41, 5.74) is 7.05. The largest absolute Gasteiger partial charge is 0.380 e. The van der Waals surface area contributed by atoms with E-state index >= 15 is 0 Å². The van der Waals surface area contributed by atoms with Crippen molar-refractivity contribution >= 4 is 0 Å². The van der Waals surface area contributed by atoms with Gasteiger partial charge in [-0.3, -0.25) is 0 Å². The van der Waals surface area contributed by atoms with Gasteiger partial charge in [0.05, 0.1) is 6.10 Å². The van der Waals surface area contributed by atoms with Crippen LogP contribution in [0.3, 0.4) is 0 Å². The van der Waals surface area contributed by atoms with Crippen LogP contribution < -0.4 is 5.73 Å². The monoisotopic (exact) mass is 196 g/mol. The average Bonchev–Trinajstić information content (AvgIpc) is 2.52. The Hall–Kier alpha value is -0.800. The number of ether oxygens (including phenoxy) is 1. The summed E-state index contributed by atoms with van der Waals surface area (Å²) < 4.78 is 7.44. The molecule has 1 rings (SSSR count). The molecule has 1 aromatic rings. The predicted molar refractivity (Wildman–Crippen MR) is 58.3 cm³/mol. The molecule has 0 aromatic carbocycles. The molecule has 0 saturated heterocycles. The van der Waals surface area contributed by atoms with E-state index in [1.807, 2.05) is 6.92 Å². The van der Waals surface area contributed by atoms with E-state index in [0.717, 1.165) is 13.0 Å². The highest BCUT2D eigenvalue weighted by Gasteiger charge is 2.06. The Labute approximate surface area is 85.9 Å². The second-order valence-electron chi connectivity index (χ2n) is 3.88. The van der Waals surface area contributed by atoms with Crippen molar-refractivity contribution in [3.8, 4) is 0 Å². The second-order valence-corrected chi connectivity index (χ2v) is 3.88. The van der Waals surface area contributed by atoms with Gasteiger partial charge in [0.2, 0.25) is 0 Å². The molecule has 0 spiro atoms. The molecular weight excluding hydrogens is 176 g/mol. The van der Waals surface area contributed by atoms with Crippen molar-refractivity contribution < 1.29 is 4.74 Å². The molecule has 2 N–H and O–H groups in total. The van der Waals surface area contributed by atoms with Crippen LogP contribution in [-0.4, -0.2) is 23.8 Å². The Morgan fingerprint density at radius 1 is 1.50 bits per heavy atom. The quantitative estimate of drug-likeness (QED) is 0.773. The van der Waals surface area contributed by atoms with Gasteiger partial charge < -0.3 is 15.0 Å². The van der Waals surface area contributed by atoms with E-state index in [9.17, 15) is 0 Å². The Bertz CT molecular complexity index is 268. The minimum atomic E-state index is 0.210. The van der Waals surface area contributed by atoms with Gasteiger partial charge in [-0.2, -0.15) is 0 Å². The lowest BCUT2D eigenvalue weighted by molar-refractivity contribution is 0.102. The highest BCUT2D eigenvalue weighted by Crippen LogP contribution is 2.07. The summed E-state index contributed by atoms with van der Waals surface area (Å²) in [6.07, 6.45) is 3.24. The van der Waals surface area contributed by atoms with Crippen molar-refractivity contribution in [1.29, 1.82) is 0 Å². The molecular formula is C11H20N2O. The van der Waals surface area contributed by atoms with Crippen LogP contribution in [0.5, 0.6) is 0 Å². The van der Waals surface area contributed by atoms with Crippen LogP contribution in [0.2, 0.25) is 0 Å². The maximum absolute atomic E-state index is 5.77. The van der Waals surface area contributed by atoms with Gasteiger partial charge in [-0.1, -0.05) is 0 Å². The molecule has 0 aliphatic rings. The van der Waals surface area contributed by atoms with Crippen LogP contribution >= 0.6 is 0 Å². The zero-order chi connectivity index (χ0) is 10.6. The highest BCUT2D eigenvalue weighted by atomic mass is 16.5. The van der Waals surface area contributed by atoms with Crippen LogP contribution in [0, 0.1) is 0 Å². The first kappa shape index (κ1) is 11.3. The Kier molecular flexibility index (Phi) is 4.17. The minimum Gasteiger partial charge on any atom is -0.380 e. The maximum atomic E-state index is 5.77. The summed E-state index contributed by atoms with van der Waals surface area (Å²) in [7, 11) is 1.74. The van der Waals surface area contributed by atoms with Crippen molar-refractivity contribution in [1.82, 2.24) is 4.57 Å². The Morgan fingerprint density at radius 3 is 2.79 bits per heavy atom. The summed E-state index contributed by atoms with van der Waals surface area (Å²) in [5.74, 6) is 0. The molecule has 1 heterocycles. The highest BCUT2D eigenvalue weighted by molar-refractivity contribution is 5.08. The fourth-order valence-electron chi connectivity index (χ4n) is 1.49. The van der Waals surface area contributed by atoms with Crippen LogP contribution in [-0.2, 0) is 17.7 Å². The first-order valence-corrected chi connectivity index (χ1v) is 5.06. The van der Waals surface area contributed by atoms with Gasteiger partial charge in [0.25, 0.3) is 0 Å². The standard InChI is InChI=1S/C11H20N2O/c1-9(12)7-11-5-4-6-13(11)8-10(2)14-3/h4-6,9-10H,7-8,12H2,1-3H3. The Morgan fingerprint density at radius 2 is 2.21 bits per heavy atom. The van der Waals surface area contributed by atoms with Crippen LogP contribution in [0.25, 0.3) is 0 Å². The molecule has 0 amide bonds. The van der Waals surface area contributed by atoms with Crippen molar-refractivity contribution in [3.05, 3.63) is 24.0 Å². The number of methoxy groups -OCH3 is 1. The van der Waals surface area contributed by atoms with Crippen molar-refractivity contribution in [2.45, 2.75) is 39.0 Å². The third-order valence-electron chi connectivity index (χ3n) is 2.31. The minimum absolute atomic E-state index is 0.210. The first-order chi connectivity index (χ1) is 6.63. The molecule has 2 atom stereocenters. The maximum Gasteiger partial charge on any atom is 0.0722 e. The third kappa shape index (κ3) is 3.16. The number of hydrogen-bond donors (Lipinski definition) is 1. The number of nitrogens with zero attached hydrogens (tertiary/aromatic N) is 1. The SMILES string of the molecule is COC(C)Cn1cccc1CC(C)N. The number of rotatable bonds is 5. The van der Waals surface area contributed by atoms with Gasteiger partial charge in [0.1, 0.15) is 0 Å². The van der Waals surface area contributed by atoms with Crippen LogP contribution in [0.15, 0.2) is 18.3 Å². The van der Waals surface area contributed by atoms with Crippen molar-refractivity contribution in [2.75, 3.05) is 7.11 Å². The first-order valence-electron chi connectivity index (χ1n) is 5.06. The molecule has 2 unspecified atom stereocenters. The molecule has 0 aliphatic heterocycles. The van der Waals surface area contributed by atoms with Gasteiger partial charge >= 0.3 is 0 Å². The second kappa shape index (κ2) is 5.17. The molecule has 0 saturated carbocycles. The topological polar surface area (TPSA) is 40.2 Å². The number of nitrogens with two attached hydrogens (primary N) is 1. The summed E-state index contributed by atoms with van der Waals surface area (Å²) >= 11 is 0. The lowest BCUT2D eigenvalue weighted by Gasteiger charge is -2.14. The van der Waals surface area contributed by atoms with E-state index in [1.54, 1.807) is 7.11 Å². The molecule has 0 bridgehead atoms. The summed E-state index contributed by atoms with van der Waals surface area (Å²) in [4.78, 5) is 0. The van der Waals surface area contributed by atoms with Crippen molar-refractivity contribution in [3.63, 3.8) is 0 Å². The van der Waals surface area contributed by atoms with Crippen molar-refractivity contribution in [2.24, 2.45) is 5.73 Å². The summed E-state index contributed by atoms with van der Waals surface area (Å²) in [5, 5.41) is 0. The molecule has 80 valence electrons. The summed E-state index contributed by atoms with van der Waals surface area (Å²) in [6, 6.07) is 4.38. The third-order valence-corrected chi connectivity index (χ3v) is 2.31. The molecule has 14 heavy (non-hydrogen) atoms. The van der Waals surface area contributed by atoms with E-state index in [2.05, 4.69) is 29.8 Å². The zero-order valence-corrected chi connectivity index (χ0v) is 9.23. The molecule has 0 aliphatic carbocycles. The van der Waals surface area contributed by atoms with Gasteiger partial charge in [-0.05, 0) is 26.0 Å². The van der Waals surface area contributed by atoms with E-state index in [1.165, 1.54) is 5.69 Å². The lowest BCUT2D eigenvalue weighted by Crippen LogP contribution is -2.22. The van der Waals surface area contributed by atoms with E-state index < -0.39 is 0 Å². The molecule has 0 radical (unpaired) electrons. The fraction of sp³-hybridized carbons (Fsp3) is 0.636. The molecule has 0 fully saturated rings. The van der Waals surface area contributed by atoms with Gasteiger partial charge in [0, 0.05) is 38.0 Å². The fourth-order valence-corrected chi connectivity index (χ4v) is 1.49. The zero-order valence-electron chi connectivity index (χ0n) is 9.23. The van der Waals surface area contributed by atoms with Gasteiger partial charge in [-0.25, -0.2) is 0 Å². The normalized spacial score (nSPS) is 15.4. The molecule has 3 nitrogen and oxygen atoms in total. The van der Waals surface area contributed by atoms with E-state index in [0.29, 0.717) is 0 Å². The summed E-state index contributed by atoms with van der Waals surface area (Å²) in [6.45, 7) is 4.98. The smallest absolute Gasteiger partial charge is 0.0722 e. The predicted octanol–water partition coefficient (Wildman–Crippen LogP) is 1.41. The molecule has 3 heteroatoms. The molecule has 1 aromatic heterocycles. The van der Waals surface area contributed by atoms with Gasteiger partial charge in [0.15, 0.2) is 0 Å². The lowest BCUT2D eigenvalue weighted by atomic mass is 10.2. The van der Waals surface area contributed by atoms with E-state index in [4.69, 9.17) is 10.5 Å². The van der Waals surface area contributed by atoms with Crippen LogP contribution in [0.4, 0.5) is 0 Å².